The third-order valence-corrected chi connectivity index (χ3v) is 13.2. The van der Waals surface area contributed by atoms with Crippen LogP contribution < -0.4 is 26.4 Å². The number of benzene rings is 1. The van der Waals surface area contributed by atoms with E-state index in [1.807, 2.05) is 26.4 Å². The van der Waals surface area contributed by atoms with Gasteiger partial charge in [-0.2, -0.15) is 0 Å². The predicted molar refractivity (Wildman–Crippen MR) is 41.5 cm³/mol. The molecule has 0 saturated carbocycles. The van der Waals surface area contributed by atoms with Crippen LogP contribution in [0, 0.1) is 0 Å². The van der Waals surface area contributed by atoms with Crippen LogP contribution in [-0.2, 0) is 0 Å². The van der Waals surface area contributed by atoms with Crippen molar-refractivity contribution < 1.29 is 0 Å². The molecule has 0 aromatic heterocycles. The third kappa shape index (κ3) is 0.436. The summed E-state index contributed by atoms with van der Waals surface area (Å²) in [5.41, 5.74) is 0. The Bertz CT molecular complexity index is 257. The van der Waals surface area contributed by atoms with E-state index in [9.17, 15) is 0 Å². The average molecular weight is 290 g/mol. The van der Waals surface area contributed by atoms with Crippen LogP contribution in [0.3, 0.4) is 0 Å². The van der Waals surface area contributed by atoms with Crippen LogP contribution in [0.25, 0.3) is 0 Å². The van der Waals surface area contributed by atoms with Crippen LogP contribution in [-0.4, -0.2) is 46.3 Å². The molecule has 3 aliphatic rings. The van der Waals surface area contributed by atoms with Crippen molar-refractivity contribution in [3.63, 3.8) is 0 Å². The standard InChI is InChI=1S/C6Ge3/c7-1-2(7)4-6(9-4)5-3(1)8-5. The SMILES string of the molecule is [Ge]1[c]2[c]3[c]([c]4[c]([c]21)[Ge]4)[Ge]3. The molecule has 9 heavy (non-hydrogen) atoms. The first kappa shape index (κ1) is 4.67. The molecule has 3 heteroatoms. The Morgan fingerprint density at radius 3 is 0.889 bits per heavy atom. The maximum absolute atomic E-state index is 1.95. The number of hydrogen-bond acceptors (Lipinski definition) is 0. The molecule has 0 spiro atoms. The van der Waals surface area contributed by atoms with Crippen LogP contribution in [0.2, 0.25) is 0 Å². The first-order chi connectivity index (χ1) is 4.45. The average Bonchev–Trinajstić information content (AvgIpc) is 2.64. The van der Waals surface area contributed by atoms with Gasteiger partial charge in [-0.15, -0.1) is 0 Å². The molecule has 3 heterocycles. The summed E-state index contributed by atoms with van der Waals surface area (Å²) in [6, 6.07) is 0. The summed E-state index contributed by atoms with van der Waals surface area (Å²) in [6.45, 7) is 0. The van der Waals surface area contributed by atoms with Crippen molar-refractivity contribution in [2.75, 3.05) is 0 Å². The van der Waals surface area contributed by atoms with Crippen molar-refractivity contribution >= 4 is 72.7 Å². The fraction of sp³-hybridized carbons (Fsp3) is 0. The van der Waals surface area contributed by atoms with Crippen LogP contribution in [0.5, 0.6) is 0 Å². The van der Waals surface area contributed by atoms with Gasteiger partial charge in [-0.1, -0.05) is 0 Å². The van der Waals surface area contributed by atoms with E-state index in [1.54, 1.807) is 0 Å². The summed E-state index contributed by atoms with van der Waals surface area (Å²) in [5.74, 6) is 0. The summed E-state index contributed by atoms with van der Waals surface area (Å²) >= 11 is 1.31. The second-order valence-corrected chi connectivity index (χ2v) is 10.5. The summed E-state index contributed by atoms with van der Waals surface area (Å²) in [7, 11) is 0. The van der Waals surface area contributed by atoms with Gasteiger partial charge in [-0.05, 0) is 0 Å². The maximum atomic E-state index is 1.95. The Balaban J connectivity index is 2.42. The normalized spacial score (nSPS) is 20.0. The first-order valence-corrected chi connectivity index (χ1v) is 9.29. The summed E-state index contributed by atoms with van der Waals surface area (Å²) < 4.78 is 11.7. The quantitative estimate of drug-likeness (QED) is 0.287. The molecule has 0 aliphatic carbocycles. The molecule has 1 aromatic rings. The van der Waals surface area contributed by atoms with Crippen LogP contribution in [0.4, 0.5) is 0 Å². The number of fused-ring (bicyclic) bond motifs is 6. The van der Waals surface area contributed by atoms with E-state index >= 15 is 0 Å². The molecular weight excluding hydrogens is 290 g/mol. The summed E-state index contributed by atoms with van der Waals surface area (Å²) in [6.07, 6.45) is 0. The molecule has 0 saturated heterocycles. The molecule has 0 N–H and O–H groups in total. The molecule has 0 bridgehead atoms. The second kappa shape index (κ2) is 1.14. The zero-order valence-electron chi connectivity index (χ0n) is 4.50. The molecule has 0 atom stereocenters. The van der Waals surface area contributed by atoms with E-state index in [-0.39, 0.29) is 0 Å². The second-order valence-electron chi connectivity index (χ2n) is 2.62. The van der Waals surface area contributed by atoms with Crippen LogP contribution >= 0.6 is 0 Å². The molecule has 4 rings (SSSR count). The number of hydrogen-bond donors (Lipinski definition) is 0. The van der Waals surface area contributed by atoms with E-state index in [1.165, 1.54) is 0 Å². The van der Waals surface area contributed by atoms with Crippen LogP contribution in [0.15, 0.2) is 0 Å². The van der Waals surface area contributed by atoms with Crippen molar-refractivity contribution in [2.24, 2.45) is 0 Å². The van der Waals surface area contributed by atoms with Gasteiger partial charge in [0.05, 0.1) is 0 Å². The van der Waals surface area contributed by atoms with Gasteiger partial charge in [0, 0.05) is 0 Å². The molecule has 3 aliphatic heterocycles. The van der Waals surface area contributed by atoms with Crippen molar-refractivity contribution in [3.05, 3.63) is 0 Å². The molecule has 1 aromatic carbocycles. The molecule has 0 amide bonds. The van der Waals surface area contributed by atoms with E-state index in [4.69, 9.17) is 0 Å². The fourth-order valence-corrected chi connectivity index (χ4v) is 14.7. The van der Waals surface area contributed by atoms with E-state index in [0.717, 1.165) is 0 Å². The van der Waals surface area contributed by atoms with Gasteiger partial charge in [0.25, 0.3) is 0 Å². The Kier molecular flexibility index (Phi) is 0.593. The van der Waals surface area contributed by atoms with Crippen molar-refractivity contribution in [3.8, 4) is 0 Å². The van der Waals surface area contributed by atoms with E-state index in [0.29, 0.717) is 46.3 Å². The minimum atomic E-state index is 0.435. The summed E-state index contributed by atoms with van der Waals surface area (Å²) in [4.78, 5) is 0. The minimum absolute atomic E-state index is 0.435. The Morgan fingerprint density at radius 2 is 0.667 bits per heavy atom. The third-order valence-electron chi connectivity index (χ3n) is 2.06. The van der Waals surface area contributed by atoms with Gasteiger partial charge in [0.2, 0.25) is 0 Å². The first-order valence-electron chi connectivity index (χ1n) is 3.00. The monoisotopic (exact) mass is 294 g/mol. The topological polar surface area (TPSA) is 0 Å². The van der Waals surface area contributed by atoms with E-state index in [2.05, 4.69) is 0 Å². The van der Waals surface area contributed by atoms with Gasteiger partial charge >= 0.3 is 72.7 Å². The molecular formula is C6Ge3. The Morgan fingerprint density at radius 1 is 0.444 bits per heavy atom. The molecule has 0 fully saturated rings. The van der Waals surface area contributed by atoms with Gasteiger partial charge in [-0.3, -0.25) is 0 Å². The molecule has 6 radical (unpaired) electrons. The van der Waals surface area contributed by atoms with Crippen molar-refractivity contribution in [1.29, 1.82) is 0 Å². The van der Waals surface area contributed by atoms with Crippen molar-refractivity contribution in [1.82, 2.24) is 0 Å². The Hall–Kier alpha value is 0.849. The molecule has 36 valence electrons. The predicted octanol–water partition coefficient (Wildman–Crippen LogP) is -4.41. The van der Waals surface area contributed by atoms with Gasteiger partial charge in [0.1, 0.15) is 0 Å². The van der Waals surface area contributed by atoms with Gasteiger partial charge in [-0.25, -0.2) is 0 Å². The fourth-order valence-electron chi connectivity index (χ4n) is 1.41. The van der Waals surface area contributed by atoms with Gasteiger partial charge < -0.3 is 0 Å². The zero-order chi connectivity index (χ0) is 5.59. The van der Waals surface area contributed by atoms with Crippen LogP contribution in [0.1, 0.15) is 0 Å². The molecule has 0 unspecified atom stereocenters. The Labute approximate surface area is 72.2 Å². The molecule has 0 nitrogen and oxygen atoms in total. The van der Waals surface area contributed by atoms with E-state index < -0.39 is 0 Å². The van der Waals surface area contributed by atoms with Gasteiger partial charge in [0.15, 0.2) is 0 Å². The summed E-state index contributed by atoms with van der Waals surface area (Å²) in [5, 5.41) is 0. The van der Waals surface area contributed by atoms with Crippen molar-refractivity contribution in [2.45, 2.75) is 0 Å². The zero-order valence-corrected chi connectivity index (χ0v) is 10.8. The number of rotatable bonds is 0.